The molecule has 0 spiro atoms. The second-order valence-corrected chi connectivity index (χ2v) is 6.79. The van der Waals surface area contributed by atoms with Gasteiger partial charge in [0.1, 0.15) is 11.4 Å². The summed E-state index contributed by atoms with van der Waals surface area (Å²) in [6, 6.07) is 9.88. The van der Waals surface area contributed by atoms with E-state index in [1.54, 1.807) is 24.3 Å². The van der Waals surface area contributed by atoms with Gasteiger partial charge in [-0.05, 0) is 19.1 Å². The van der Waals surface area contributed by atoms with Gasteiger partial charge in [0.15, 0.2) is 0 Å². The van der Waals surface area contributed by atoms with Gasteiger partial charge >= 0.3 is 0 Å². The van der Waals surface area contributed by atoms with Crippen LogP contribution in [-0.4, -0.2) is 32.0 Å². The number of aromatic nitrogens is 4. The summed E-state index contributed by atoms with van der Waals surface area (Å²) < 4.78 is 1.88. The van der Waals surface area contributed by atoms with E-state index in [-0.39, 0.29) is 11.6 Å². The second kappa shape index (κ2) is 8.48. The molecule has 8 heteroatoms. The topological polar surface area (TPSA) is 92.7 Å². The Bertz CT molecular complexity index is 909. The van der Waals surface area contributed by atoms with Crippen LogP contribution >= 0.6 is 11.8 Å². The summed E-state index contributed by atoms with van der Waals surface area (Å²) >= 11 is 1.57. The molecule has 0 unspecified atom stereocenters. The third-order valence-corrected chi connectivity index (χ3v) is 4.83. The fourth-order valence-electron chi connectivity index (χ4n) is 2.31. The first-order valence-electron chi connectivity index (χ1n) is 8.15. The smallest absolute Gasteiger partial charge is 0.263 e. The van der Waals surface area contributed by atoms with Gasteiger partial charge in [-0.1, -0.05) is 18.2 Å². The molecule has 1 aromatic carbocycles. The van der Waals surface area contributed by atoms with Crippen LogP contribution in [0.2, 0.25) is 0 Å². The quantitative estimate of drug-likeness (QED) is 0.623. The molecule has 0 aliphatic carbocycles. The highest BCUT2D eigenvalue weighted by atomic mass is 32.2. The van der Waals surface area contributed by atoms with E-state index in [0.717, 1.165) is 4.90 Å². The molecule has 0 aliphatic rings. The predicted molar refractivity (Wildman–Crippen MR) is 100 cm³/mol. The zero-order chi connectivity index (χ0) is 18.4. The summed E-state index contributed by atoms with van der Waals surface area (Å²) in [6.45, 7) is 2.34. The van der Waals surface area contributed by atoms with Crippen molar-refractivity contribution in [2.45, 2.75) is 23.6 Å². The first-order chi connectivity index (χ1) is 12.6. The summed E-state index contributed by atoms with van der Waals surface area (Å²) in [7, 11) is 0. The number of aromatic amines is 1. The van der Waals surface area contributed by atoms with Crippen molar-refractivity contribution in [3.05, 3.63) is 77.0 Å². The highest BCUT2D eigenvalue weighted by molar-refractivity contribution is 7.98. The molecule has 134 valence electrons. The number of carbonyl (C=O) groups excluding carboxylic acids is 1. The molecule has 0 saturated heterocycles. The number of nitrogens with zero attached hydrogens (tertiary/aromatic N) is 3. The molecule has 2 heterocycles. The lowest BCUT2D eigenvalue weighted by atomic mass is 10.3. The van der Waals surface area contributed by atoms with Crippen LogP contribution in [0.15, 0.2) is 64.9 Å². The van der Waals surface area contributed by atoms with Crippen LogP contribution in [0.5, 0.6) is 0 Å². The molecule has 2 aromatic heterocycles. The molecule has 1 amide bonds. The van der Waals surface area contributed by atoms with Gasteiger partial charge in [-0.3, -0.25) is 9.59 Å². The maximum absolute atomic E-state index is 12.2. The molecule has 0 saturated carbocycles. The van der Waals surface area contributed by atoms with Crippen molar-refractivity contribution in [2.24, 2.45) is 0 Å². The average Bonchev–Trinajstić information content (AvgIpc) is 3.20. The van der Waals surface area contributed by atoms with E-state index in [1.807, 2.05) is 48.0 Å². The van der Waals surface area contributed by atoms with Crippen molar-refractivity contribution >= 4 is 17.7 Å². The van der Waals surface area contributed by atoms with Crippen LogP contribution in [0.4, 0.5) is 0 Å². The molecule has 3 rings (SSSR count). The predicted octanol–water partition coefficient (Wildman–Crippen LogP) is 2.25. The van der Waals surface area contributed by atoms with Crippen molar-refractivity contribution < 1.29 is 4.79 Å². The molecular formula is C18H19N5O2S. The molecule has 7 nitrogen and oxygen atoms in total. The fraction of sp³-hybridized carbons (Fsp3) is 0.222. The Hall–Kier alpha value is -2.87. The van der Waals surface area contributed by atoms with Gasteiger partial charge in [0.05, 0.1) is 12.1 Å². The molecule has 0 radical (unpaired) electrons. The number of rotatable bonds is 7. The lowest BCUT2D eigenvalue weighted by Crippen LogP contribution is -2.33. The average molecular weight is 369 g/mol. The van der Waals surface area contributed by atoms with E-state index in [4.69, 9.17) is 0 Å². The summed E-state index contributed by atoms with van der Waals surface area (Å²) in [5, 5.41) is 2.75. The van der Waals surface area contributed by atoms with Crippen molar-refractivity contribution in [3.63, 3.8) is 0 Å². The van der Waals surface area contributed by atoms with E-state index in [0.29, 0.717) is 18.1 Å². The van der Waals surface area contributed by atoms with E-state index in [9.17, 15) is 9.59 Å². The molecule has 1 atom stereocenters. The van der Waals surface area contributed by atoms with Crippen LogP contribution in [0.1, 0.15) is 29.1 Å². The first kappa shape index (κ1) is 17.9. The number of imidazole rings is 1. The van der Waals surface area contributed by atoms with Gasteiger partial charge < -0.3 is 14.9 Å². The van der Waals surface area contributed by atoms with Gasteiger partial charge in [0, 0.05) is 36.1 Å². The Morgan fingerprint density at radius 2 is 2.15 bits per heavy atom. The zero-order valence-electron chi connectivity index (χ0n) is 14.3. The SMILES string of the molecule is C[C@@H](CNC(=O)c1cnc(CSc2ccccc2)[nH]c1=O)n1ccnc1. The van der Waals surface area contributed by atoms with E-state index in [1.165, 1.54) is 6.20 Å². The molecular weight excluding hydrogens is 350 g/mol. The maximum Gasteiger partial charge on any atom is 0.263 e. The Labute approximate surface area is 154 Å². The number of carbonyl (C=O) groups is 1. The number of benzene rings is 1. The Kier molecular flexibility index (Phi) is 5.85. The largest absolute Gasteiger partial charge is 0.350 e. The highest BCUT2D eigenvalue weighted by Gasteiger charge is 2.13. The minimum atomic E-state index is -0.437. The minimum Gasteiger partial charge on any atom is -0.350 e. The molecule has 2 N–H and O–H groups in total. The van der Waals surface area contributed by atoms with Crippen LogP contribution in [-0.2, 0) is 5.75 Å². The standard InChI is InChI=1S/C18H19N5O2S/c1-13(23-8-7-19-12-23)9-21-17(24)15-10-20-16(22-18(15)25)11-26-14-5-3-2-4-6-14/h2-8,10,12-13H,9,11H2,1H3,(H,21,24)(H,20,22,25)/t13-/m0/s1. The zero-order valence-corrected chi connectivity index (χ0v) is 15.1. The summed E-state index contributed by atoms with van der Waals surface area (Å²) in [6.07, 6.45) is 6.52. The van der Waals surface area contributed by atoms with Crippen molar-refractivity contribution in [1.29, 1.82) is 0 Å². The van der Waals surface area contributed by atoms with Crippen molar-refractivity contribution in [1.82, 2.24) is 24.8 Å². The third kappa shape index (κ3) is 4.60. The molecule has 26 heavy (non-hydrogen) atoms. The Morgan fingerprint density at radius 3 is 2.85 bits per heavy atom. The molecule has 0 aliphatic heterocycles. The fourth-order valence-corrected chi connectivity index (χ4v) is 3.11. The Morgan fingerprint density at radius 1 is 1.35 bits per heavy atom. The van der Waals surface area contributed by atoms with Crippen LogP contribution < -0.4 is 10.9 Å². The van der Waals surface area contributed by atoms with Crippen LogP contribution in [0, 0.1) is 0 Å². The van der Waals surface area contributed by atoms with Crippen molar-refractivity contribution in [3.8, 4) is 0 Å². The molecule has 0 fully saturated rings. The summed E-state index contributed by atoms with van der Waals surface area (Å²) in [5.74, 6) is 0.624. The van der Waals surface area contributed by atoms with E-state index < -0.39 is 11.5 Å². The van der Waals surface area contributed by atoms with E-state index in [2.05, 4.69) is 20.3 Å². The monoisotopic (exact) mass is 369 g/mol. The lowest BCUT2D eigenvalue weighted by molar-refractivity contribution is 0.0946. The number of H-pyrrole nitrogens is 1. The van der Waals surface area contributed by atoms with Crippen LogP contribution in [0.3, 0.4) is 0 Å². The van der Waals surface area contributed by atoms with Gasteiger partial charge in [-0.15, -0.1) is 11.8 Å². The summed E-state index contributed by atoms with van der Waals surface area (Å²) in [4.78, 5) is 36.4. The summed E-state index contributed by atoms with van der Waals surface area (Å²) in [5.41, 5.74) is -0.423. The van der Waals surface area contributed by atoms with Gasteiger partial charge in [-0.25, -0.2) is 9.97 Å². The number of hydrogen-bond acceptors (Lipinski definition) is 5. The number of hydrogen-bond donors (Lipinski definition) is 2. The normalized spacial score (nSPS) is 11.9. The maximum atomic E-state index is 12.2. The lowest BCUT2D eigenvalue weighted by Gasteiger charge is -2.13. The Balaban J connectivity index is 1.58. The third-order valence-electron chi connectivity index (χ3n) is 3.81. The van der Waals surface area contributed by atoms with E-state index >= 15 is 0 Å². The van der Waals surface area contributed by atoms with Crippen molar-refractivity contribution in [2.75, 3.05) is 6.54 Å². The minimum absolute atomic E-state index is 0.0105. The van der Waals surface area contributed by atoms with Gasteiger partial charge in [0.2, 0.25) is 0 Å². The molecule has 3 aromatic rings. The number of nitrogens with one attached hydrogen (secondary N) is 2. The van der Waals surface area contributed by atoms with Gasteiger partial charge in [0.25, 0.3) is 11.5 Å². The second-order valence-electron chi connectivity index (χ2n) is 5.74. The first-order valence-corrected chi connectivity index (χ1v) is 9.13. The number of amides is 1. The number of thioether (sulfide) groups is 1. The van der Waals surface area contributed by atoms with Crippen LogP contribution in [0.25, 0.3) is 0 Å². The molecule has 0 bridgehead atoms. The van der Waals surface area contributed by atoms with Gasteiger partial charge in [-0.2, -0.15) is 0 Å². The highest BCUT2D eigenvalue weighted by Crippen LogP contribution is 2.19.